The summed E-state index contributed by atoms with van der Waals surface area (Å²) < 4.78 is 2.68. The van der Waals surface area contributed by atoms with Gasteiger partial charge in [0.05, 0.1) is 0 Å². The van der Waals surface area contributed by atoms with Crippen LogP contribution in [0, 0.1) is 0 Å². The van der Waals surface area contributed by atoms with Crippen LogP contribution in [0.4, 0.5) is 0 Å². The molecule has 0 amide bonds. The Morgan fingerprint density at radius 2 is 1.27 bits per heavy atom. The molecule has 0 bridgehead atoms. The van der Waals surface area contributed by atoms with Crippen LogP contribution in [0.25, 0.3) is 0 Å². The van der Waals surface area contributed by atoms with Crippen molar-refractivity contribution in [1.82, 2.24) is 0 Å². The molecule has 0 unspecified atom stereocenters. The zero-order valence-corrected chi connectivity index (χ0v) is 11.6. The maximum Gasteiger partial charge on any atom is 3.00 e. The van der Waals surface area contributed by atoms with Gasteiger partial charge in [0.2, 0.25) is 0 Å². The van der Waals surface area contributed by atoms with Gasteiger partial charge in [-0.05, 0) is 0 Å². The van der Waals surface area contributed by atoms with Crippen LogP contribution in [0.3, 0.4) is 0 Å². The summed E-state index contributed by atoms with van der Waals surface area (Å²) in [6.07, 6.45) is 0. The predicted molar refractivity (Wildman–Crippen MR) is 26.3 cm³/mol. The van der Waals surface area contributed by atoms with Gasteiger partial charge in [0.1, 0.15) is 9.05 Å². The van der Waals surface area contributed by atoms with Gasteiger partial charge in [0.25, 0.3) is 0 Å². The first-order valence-corrected chi connectivity index (χ1v) is 4.96. The van der Waals surface area contributed by atoms with E-state index < -0.39 is 18.1 Å². The summed E-state index contributed by atoms with van der Waals surface area (Å²) in [5.74, 6) is 0. The summed E-state index contributed by atoms with van der Waals surface area (Å²) in [6, 6.07) is 0. The number of hydrogen-bond acceptors (Lipinski definition) is 7. The Hall–Kier alpha value is 1.79. The second kappa shape index (κ2) is 6.28. The van der Waals surface area contributed by atoms with E-state index in [0.29, 0.717) is 0 Å². The molecule has 0 atom stereocenters. The first-order chi connectivity index (χ1) is 3.71. The van der Waals surface area contributed by atoms with Crippen molar-refractivity contribution in [3.8, 4) is 0 Å². The molecule has 0 aromatic rings. The summed E-state index contributed by atoms with van der Waals surface area (Å²) in [4.78, 5) is 54.7. The molecule has 56 valence electrons. The molecule has 0 aliphatic heterocycles. The third-order valence-corrected chi connectivity index (χ3v) is 2.29. The molecule has 0 heterocycles. The van der Waals surface area contributed by atoms with E-state index in [0.717, 1.165) is 0 Å². The molecule has 0 fully saturated rings. The van der Waals surface area contributed by atoms with Crippen molar-refractivity contribution in [1.29, 1.82) is 0 Å². The van der Waals surface area contributed by atoms with E-state index in [1.807, 2.05) is 0 Å². The Labute approximate surface area is 107 Å². The molecule has 1 N–H and O–H groups in total. The Balaban J connectivity index is -0.000000320. The van der Waals surface area contributed by atoms with E-state index in [2.05, 4.69) is 4.12 Å². The van der Waals surface area contributed by atoms with Gasteiger partial charge in [-0.2, -0.15) is 0 Å². The minimum Gasteiger partial charge on any atom is -0.862 e. The van der Waals surface area contributed by atoms with Crippen LogP contribution in [-0.4, -0.2) is 80.2 Å². The average Bonchev–Trinajstić information content (AvgIpc) is 1.14. The first-order valence-electron chi connectivity index (χ1n) is 1.65. The molecule has 0 radical (unpaired) electrons. The summed E-state index contributed by atoms with van der Waals surface area (Å²) in [7, 11) is -11.5. The fourth-order valence-corrected chi connectivity index (χ4v) is 1.42. The molecule has 7 nitrogen and oxygen atoms in total. The van der Waals surface area contributed by atoms with Crippen molar-refractivity contribution in [3.63, 3.8) is 0 Å². The van der Waals surface area contributed by atoms with Gasteiger partial charge < -0.3 is 32.9 Å². The van der Waals surface area contributed by atoms with Crippen molar-refractivity contribution < 1.29 is 32.9 Å². The SMILES string of the molecule is [B+3].[Ba+2].[O-][Si]([O-])([O-])O[Si]([O-])([O-])O. The molecule has 0 aromatic carbocycles. The fraction of sp³-hybridized carbons (Fsp3) is 0. The molecule has 0 aliphatic rings. The van der Waals surface area contributed by atoms with Gasteiger partial charge in [0, 0.05) is 0 Å². The van der Waals surface area contributed by atoms with E-state index >= 15 is 0 Å². The quantitative estimate of drug-likeness (QED) is 0.498. The van der Waals surface area contributed by atoms with Crippen LogP contribution < -0.4 is 24.0 Å². The molecule has 0 saturated heterocycles. The van der Waals surface area contributed by atoms with E-state index in [1.165, 1.54) is 0 Å². The van der Waals surface area contributed by atoms with E-state index in [4.69, 9.17) is 4.80 Å². The third-order valence-electron chi connectivity index (χ3n) is 0.254. The molecular weight excluding hydrogens is 316 g/mol. The number of hydrogen-bond donors (Lipinski definition) is 1. The maximum atomic E-state index is 9.47. The average molecular weight is 317 g/mol. The molecule has 11 heavy (non-hydrogen) atoms. The Bertz CT molecular complexity index is 81.6. The van der Waals surface area contributed by atoms with Crippen LogP contribution in [0.15, 0.2) is 0 Å². The van der Waals surface area contributed by atoms with Crippen LogP contribution >= 0.6 is 0 Å². The molecule has 11 heteroatoms. The number of rotatable bonds is 2. The topological polar surface area (TPSA) is 145 Å². The minimum absolute atomic E-state index is 0. The Morgan fingerprint density at radius 1 is 1.00 bits per heavy atom. The summed E-state index contributed by atoms with van der Waals surface area (Å²) >= 11 is 0. The molecule has 0 spiro atoms. The van der Waals surface area contributed by atoms with Crippen molar-refractivity contribution in [2.75, 3.05) is 0 Å². The maximum absolute atomic E-state index is 9.47. The predicted octanol–water partition coefficient (Wildman–Crippen LogP) is -8.09. The minimum atomic E-state index is -5.86. The van der Waals surface area contributed by atoms with Gasteiger partial charge in [-0.1, -0.05) is 0 Å². The van der Waals surface area contributed by atoms with Crippen molar-refractivity contribution in [2.24, 2.45) is 0 Å². The summed E-state index contributed by atoms with van der Waals surface area (Å²) in [5.41, 5.74) is 0. The molecule has 0 aliphatic carbocycles. The summed E-state index contributed by atoms with van der Waals surface area (Å²) in [5, 5.41) is 0. The zero-order valence-electron chi connectivity index (χ0n) is 5.18. The molecule has 0 aromatic heterocycles. The van der Waals surface area contributed by atoms with Crippen molar-refractivity contribution in [2.45, 2.75) is 0 Å². The standard InChI is InChI=1S/B.Ba.HO7Si2/c;;1-8(2,3)7-9(4,5)6/h;;1H/q+3;+2;-5. The Kier molecular flexibility index (Phi) is 10.6. The second-order valence-electron chi connectivity index (χ2n) is 1.13. The first kappa shape index (κ1) is 18.5. The monoisotopic (exact) mass is 318 g/mol. The smallest absolute Gasteiger partial charge is 0.862 e. The largest absolute Gasteiger partial charge is 3.00 e. The van der Waals surface area contributed by atoms with E-state index in [1.54, 1.807) is 0 Å². The fourth-order valence-electron chi connectivity index (χ4n) is 0.158. The van der Waals surface area contributed by atoms with E-state index in [9.17, 15) is 24.0 Å². The van der Waals surface area contributed by atoms with Crippen molar-refractivity contribution in [3.05, 3.63) is 0 Å². The van der Waals surface area contributed by atoms with E-state index in [-0.39, 0.29) is 57.3 Å². The normalized spacial score (nSPS) is 11.5. The van der Waals surface area contributed by atoms with Crippen LogP contribution in [0.2, 0.25) is 0 Å². The van der Waals surface area contributed by atoms with Gasteiger partial charge in [-0.3, -0.25) is 0 Å². The zero-order chi connectivity index (χ0) is 7.71. The van der Waals surface area contributed by atoms with Crippen LogP contribution in [-0.2, 0) is 4.12 Å². The Morgan fingerprint density at radius 3 is 1.27 bits per heavy atom. The van der Waals surface area contributed by atoms with Crippen LogP contribution in [0.1, 0.15) is 0 Å². The van der Waals surface area contributed by atoms with Gasteiger partial charge in [0.15, 0.2) is 0 Å². The van der Waals surface area contributed by atoms with Gasteiger partial charge >= 0.3 is 57.3 Å². The molecule has 0 saturated carbocycles. The molecule has 0 rings (SSSR count). The third kappa shape index (κ3) is 18.6. The second-order valence-corrected chi connectivity index (χ2v) is 3.99. The van der Waals surface area contributed by atoms with Crippen LogP contribution in [0.5, 0.6) is 0 Å². The van der Waals surface area contributed by atoms with Crippen molar-refractivity contribution >= 4 is 75.4 Å². The summed E-state index contributed by atoms with van der Waals surface area (Å²) in [6.45, 7) is 0. The van der Waals surface area contributed by atoms with Gasteiger partial charge in [-0.25, -0.2) is 0 Å². The molecular formula is HBBaO7Si2. The van der Waals surface area contributed by atoms with Gasteiger partial charge in [-0.15, -0.1) is 9.05 Å².